The number of hydrogen-bond donors (Lipinski definition) is 0. The molecule has 0 N–H and O–H groups in total. The van der Waals surface area contributed by atoms with Gasteiger partial charge in [-0.1, -0.05) is 0 Å². The van der Waals surface area contributed by atoms with E-state index in [-0.39, 0.29) is 11.3 Å². The third-order valence-corrected chi connectivity index (χ3v) is 1.75. The molecule has 0 saturated heterocycles. The molecule has 1 aromatic heterocycles. The molecular formula is C8H10N2O2. The zero-order valence-corrected chi connectivity index (χ0v) is 7.02. The van der Waals surface area contributed by atoms with Crippen molar-refractivity contribution < 1.29 is 4.79 Å². The van der Waals surface area contributed by atoms with E-state index in [0.717, 1.165) is 0 Å². The van der Waals surface area contributed by atoms with Gasteiger partial charge in [-0.15, -0.1) is 0 Å². The fraction of sp³-hybridized carbons (Fsp3) is 0.375. The van der Waals surface area contributed by atoms with Crippen molar-refractivity contribution in [3.05, 3.63) is 28.9 Å². The van der Waals surface area contributed by atoms with Gasteiger partial charge < -0.3 is 0 Å². The van der Waals surface area contributed by atoms with Crippen molar-refractivity contribution in [2.75, 3.05) is 0 Å². The number of carbonyl (C=O) groups excluding carboxylic acids is 1. The quantitative estimate of drug-likeness (QED) is 0.638. The Hall–Kier alpha value is -1.45. The highest BCUT2D eigenvalue weighted by Crippen LogP contribution is 2.00. The van der Waals surface area contributed by atoms with Gasteiger partial charge in [-0.25, -0.2) is 4.98 Å². The lowest BCUT2D eigenvalue weighted by molar-refractivity contribution is -0.119. The van der Waals surface area contributed by atoms with Gasteiger partial charge in [0, 0.05) is 12.3 Å². The number of rotatable bonds is 2. The minimum absolute atomic E-state index is 0.0508. The van der Waals surface area contributed by atoms with Gasteiger partial charge in [0.2, 0.25) is 0 Å². The molecule has 1 heterocycles. The number of aromatic nitrogens is 2. The van der Waals surface area contributed by atoms with Gasteiger partial charge >= 0.3 is 0 Å². The Balaban J connectivity index is 3.11. The first-order chi connectivity index (χ1) is 5.63. The van der Waals surface area contributed by atoms with Crippen molar-refractivity contribution in [1.29, 1.82) is 0 Å². The zero-order chi connectivity index (χ0) is 9.14. The average Bonchev–Trinajstić information content (AvgIpc) is 2.04. The molecule has 4 heteroatoms. The molecule has 0 radical (unpaired) electrons. The van der Waals surface area contributed by atoms with Crippen molar-refractivity contribution in [3.63, 3.8) is 0 Å². The van der Waals surface area contributed by atoms with Gasteiger partial charge in [0.1, 0.15) is 0 Å². The Bertz CT molecular complexity index is 343. The summed E-state index contributed by atoms with van der Waals surface area (Å²) in [6.45, 7) is 3.12. The van der Waals surface area contributed by atoms with E-state index >= 15 is 0 Å². The molecule has 0 amide bonds. The molecule has 0 aromatic carbocycles. The lowest BCUT2D eigenvalue weighted by atomic mass is 10.2. The molecule has 12 heavy (non-hydrogen) atoms. The molecular weight excluding hydrogens is 156 g/mol. The van der Waals surface area contributed by atoms with E-state index in [2.05, 4.69) is 4.98 Å². The first-order valence-electron chi connectivity index (χ1n) is 3.65. The molecule has 0 saturated carbocycles. The highest BCUT2D eigenvalue weighted by molar-refractivity contribution is 5.79. The maximum Gasteiger partial charge on any atom is 0.253 e. The first-order valence-corrected chi connectivity index (χ1v) is 3.65. The molecule has 1 aromatic rings. The van der Waals surface area contributed by atoms with Crippen LogP contribution in [0.3, 0.4) is 0 Å². The van der Waals surface area contributed by atoms with Crippen LogP contribution in [0.15, 0.2) is 23.4 Å². The van der Waals surface area contributed by atoms with Crippen LogP contribution in [-0.2, 0) is 4.79 Å². The molecule has 1 atom stereocenters. The molecule has 0 fully saturated rings. The van der Waals surface area contributed by atoms with Crippen LogP contribution in [0.25, 0.3) is 0 Å². The molecule has 0 spiro atoms. The van der Waals surface area contributed by atoms with Crippen LogP contribution in [0.1, 0.15) is 19.9 Å². The fourth-order valence-corrected chi connectivity index (χ4v) is 0.847. The summed E-state index contributed by atoms with van der Waals surface area (Å²) in [7, 11) is 0. The summed E-state index contributed by atoms with van der Waals surface area (Å²) in [6, 6.07) is 0.908. The number of hydrogen-bond acceptors (Lipinski definition) is 3. The molecule has 1 rings (SSSR count). The summed E-state index contributed by atoms with van der Waals surface area (Å²) in [5.74, 6) is -0.0508. The Morgan fingerprint density at radius 1 is 1.67 bits per heavy atom. The molecule has 4 nitrogen and oxygen atoms in total. The van der Waals surface area contributed by atoms with Crippen LogP contribution in [0.2, 0.25) is 0 Å². The SMILES string of the molecule is CC(=O)C(C)n1cnccc1=O. The Morgan fingerprint density at radius 2 is 2.33 bits per heavy atom. The molecule has 0 aliphatic heterocycles. The predicted octanol–water partition coefficient (Wildman–Crippen LogP) is 0.393. The van der Waals surface area contributed by atoms with E-state index < -0.39 is 6.04 Å². The van der Waals surface area contributed by atoms with E-state index in [9.17, 15) is 9.59 Å². The van der Waals surface area contributed by atoms with E-state index in [1.54, 1.807) is 6.92 Å². The number of Topliss-reactive ketones (excluding diaryl/α,β-unsaturated/α-hetero) is 1. The maximum atomic E-state index is 11.1. The average molecular weight is 166 g/mol. The van der Waals surface area contributed by atoms with Crippen LogP contribution in [-0.4, -0.2) is 15.3 Å². The topological polar surface area (TPSA) is 52.0 Å². The van der Waals surface area contributed by atoms with Crippen molar-refractivity contribution in [1.82, 2.24) is 9.55 Å². The normalized spacial score (nSPS) is 12.5. The van der Waals surface area contributed by atoms with Gasteiger partial charge in [-0.2, -0.15) is 0 Å². The third-order valence-electron chi connectivity index (χ3n) is 1.75. The van der Waals surface area contributed by atoms with Crippen LogP contribution in [0.5, 0.6) is 0 Å². The van der Waals surface area contributed by atoms with E-state index in [0.29, 0.717) is 0 Å². The van der Waals surface area contributed by atoms with Crippen molar-refractivity contribution in [3.8, 4) is 0 Å². The molecule has 0 bridgehead atoms. The van der Waals surface area contributed by atoms with Crippen LogP contribution < -0.4 is 5.56 Å². The van der Waals surface area contributed by atoms with Gasteiger partial charge in [0.25, 0.3) is 5.56 Å². The summed E-state index contributed by atoms with van der Waals surface area (Å²) in [5, 5.41) is 0. The Kier molecular flexibility index (Phi) is 2.38. The second-order valence-electron chi connectivity index (χ2n) is 2.61. The number of carbonyl (C=O) groups is 1. The van der Waals surface area contributed by atoms with Crippen LogP contribution >= 0.6 is 0 Å². The monoisotopic (exact) mass is 166 g/mol. The highest BCUT2D eigenvalue weighted by Gasteiger charge is 2.09. The lowest BCUT2D eigenvalue weighted by Gasteiger charge is -2.09. The van der Waals surface area contributed by atoms with Gasteiger partial charge in [0.05, 0.1) is 12.4 Å². The van der Waals surface area contributed by atoms with E-state index in [4.69, 9.17) is 0 Å². The second kappa shape index (κ2) is 3.30. The van der Waals surface area contributed by atoms with Crippen molar-refractivity contribution in [2.45, 2.75) is 19.9 Å². The van der Waals surface area contributed by atoms with Crippen molar-refractivity contribution in [2.24, 2.45) is 0 Å². The summed E-state index contributed by atoms with van der Waals surface area (Å²) in [6.07, 6.45) is 2.78. The largest absolute Gasteiger partial charge is 0.298 e. The van der Waals surface area contributed by atoms with E-state index in [1.165, 1.54) is 30.1 Å². The molecule has 0 aliphatic rings. The third kappa shape index (κ3) is 1.58. The second-order valence-corrected chi connectivity index (χ2v) is 2.61. The summed E-state index contributed by atoms with van der Waals surface area (Å²) in [4.78, 5) is 25.8. The Labute approximate surface area is 69.9 Å². The molecule has 1 unspecified atom stereocenters. The summed E-state index contributed by atoms with van der Waals surface area (Å²) >= 11 is 0. The number of ketones is 1. The lowest BCUT2D eigenvalue weighted by Crippen LogP contribution is -2.26. The minimum Gasteiger partial charge on any atom is -0.298 e. The van der Waals surface area contributed by atoms with Crippen LogP contribution in [0, 0.1) is 0 Å². The molecule has 0 aliphatic carbocycles. The Morgan fingerprint density at radius 3 is 2.83 bits per heavy atom. The van der Waals surface area contributed by atoms with Gasteiger partial charge in [0.15, 0.2) is 5.78 Å². The van der Waals surface area contributed by atoms with Crippen molar-refractivity contribution >= 4 is 5.78 Å². The van der Waals surface area contributed by atoms with Gasteiger partial charge in [-0.3, -0.25) is 14.2 Å². The predicted molar refractivity (Wildman–Crippen MR) is 43.9 cm³/mol. The van der Waals surface area contributed by atoms with E-state index in [1.807, 2.05) is 0 Å². The first kappa shape index (κ1) is 8.64. The summed E-state index contributed by atoms with van der Waals surface area (Å²) < 4.78 is 1.31. The van der Waals surface area contributed by atoms with Gasteiger partial charge in [-0.05, 0) is 13.8 Å². The standard InChI is InChI=1S/C8H10N2O2/c1-6(7(2)11)10-5-9-4-3-8(10)12/h3-6H,1-2H3. The molecule has 64 valence electrons. The number of nitrogens with zero attached hydrogens (tertiary/aromatic N) is 2. The fourth-order valence-electron chi connectivity index (χ4n) is 0.847. The maximum absolute atomic E-state index is 11.1. The minimum atomic E-state index is -0.425. The summed E-state index contributed by atoms with van der Waals surface area (Å²) in [5.41, 5.74) is -0.201. The zero-order valence-electron chi connectivity index (χ0n) is 7.02. The van der Waals surface area contributed by atoms with Crippen LogP contribution in [0.4, 0.5) is 0 Å². The highest BCUT2D eigenvalue weighted by atomic mass is 16.1. The smallest absolute Gasteiger partial charge is 0.253 e.